The molecule has 0 fully saturated rings. The van der Waals surface area contributed by atoms with Gasteiger partial charge in [0, 0.05) is 11.4 Å². The van der Waals surface area contributed by atoms with Gasteiger partial charge in [0.05, 0.1) is 27.8 Å². The van der Waals surface area contributed by atoms with Crippen LogP contribution >= 0.6 is 22.7 Å². The van der Waals surface area contributed by atoms with Crippen molar-refractivity contribution in [2.75, 3.05) is 0 Å². The minimum atomic E-state index is -3.57. The van der Waals surface area contributed by atoms with Crippen molar-refractivity contribution in [3.05, 3.63) is 40.0 Å². The van der Waals surface area contributed by atoms with E-state index in [2.05, 4.69) is 14.9 Å². The molecular formula is C14H15N3O3S3. The molecule has 3 aromatic heterocycles. The molecule has 0 aliphatic carbocycles. The summed E-state index contributed by atoms with van der Waals surface area (Å²) in [6.45, 7) is 4.02. The van der Waals surface area contributed by atoms with Crippen LogP contribution in [0, 0.1) is 6.92 Å². The van der Waals surface area contributed by atoms with E-state index in [-0.39, 0.29) is 10.8 Å². The highest BCUT2D eigenvalue weighted by Crippen LogP contribution is 2.31. The smallest absolute Gasteiger partial charge is 0.250 e. The van der Waals surface area contributed by atoms with Gasteiger partial charge in [-0.2, -0.15) is 0 Å². The summed E-state index contributed by atoms with van der Waals surface area (Å²) in [6.07, 6.45) is 0.850. The summed E-state index contributed by atoms with van der Waals surface area (Å²) in [7, 11) is -3.57. The molecule has 6 nitrogen and oxygen atoms in total. The minimum absolute atomic E-state index is 0.188. The Balaban J connectivity index is 1.73. The van der Waals surface area contributed by atoms with Gasteiger partial charge in [-0.05, 0) is 25.5 Å². The third-order valence-corrected chi connectivity index (χ3v) is 7.10. The van der Waals surface area contributed by atoms with Crippen molar-refractivity contribution in [2.45, 2.75) is 31.0 Å². The van der Waals surface area contributed by atoms with Crippen LogP contribution in [0.25, 0.3) is 10.6 Å². The van der Waals surface area contributed by atoms with Crippen molar-refractivity contribution in [1.29, 1.82) is 0 Å². The molecule has 3 rings (SSSR count). The second-order valence-corrected chi connectivity index (χ2v) is 8.88. The summed E-state index contributed by atoms with van der Waals surface area (Å²) in [4.78, 5) is 5.08. The highest BCUT2D eigenvalue weighted by Gasteiger charge is 2.19. The molecule has 0 unspecified atom stereocenters. The van der Waals surface area contributed by atoms with E-state index in [0.29, 0.717) is 5.76 Å². The van der Waals surface area contributed by atoms with Crippen LogP contribution in [-0.4, -0.2) is 18.6 Å². The molecule has 0 saturated carbocycles. The maximum atomic E-state index is 12.4. The third kappa shape index (κ3) is 3.69. The summed E-state index contributed by atoms with van der Waals surface area (Å²) >= 11 is 2.69. The number of aromatic nitrogens is 2. The van der Waals surface area contributed by atoms with Crippen molar-refractivity contribution >= 4 is 32.7 Å². The van der Waals surface area contributed by atoms with Crippen LogP contribution in [0.5, 0.6) is 0 Å². The number of hydrogen-bond acceptors (Lipinski definition) is 7. The lowest BCUT2D eigenvalue weighted by molar-refractivity contribution is 0.428. The Hall–Kier alpha value is -1.55. The monoisotopic (exact) mass is 369 g/mol. The first-order valence-corrected chi connectivity index (χ1v) is 10.1. The predicted octanol–water partition coefficient (Wildman–Crippen LogP) is 3.21. The lowest BCUT2D eigenvalue weighted by Gasteiger charge is -2.02. The fraction of sp³-hybridized carbons (Fsp3) is 0.286. The maximum Gasteiger partial charge on any atom is 0.250 e. The second kappa shape index (κ2) is 6.52. The summed E-state index contributed by atoms with van der Waals surface area (Å²) in [5, 5.41) is 6.68. The Labute approximate surface area is 142 Å². The van der Waals surface area contributed by atoms with Crippen LogP contribution in [0.4, 0.5) is 0 Å². The first kappa shape index (κ1) is 16.3. The number of rotatable bonds is 6. The van der Waals surface area contributed by atoms with Crippen LogP contribution in [0.2, 0.25) is 0 Å². The molecule has 0 aromatic carbocycles. The fourth-order valence-electron chi connectivity index (χ4n) is 1.91. The lowest BCUT2D eigenvalue weighted by atomic mass is 10.3. The minimum Gasteiger partial charge on any atom is -0.355 e. The molecule has 0 saturated heterocycles. The van der Waals surface area contributed by atoms with Gasteiger partial charge in [0.25, 0.3) is 0 Å². The quantitative estimate of drug-likeness (QED) is 0.721. The number of aryl methyl sites for hydroxylation is 2. The first-order valence-electron chi connectivity index (χ1n) is 6.94. The molecule has 3 heterocycles. The lowest BCUT2D eigenvalue weighted by Crippen LogP contribution is -2.22. The summed E-state index contributed by atoms with van der Waals surface area (Å²) in [5.74, 6) is 0.570. The highest BCUT2D eigenvalue weighted by molar-refractivity contribution is 7.91. The zero-order valence-corrected chi connectivity index (χ0v) is 15.0. The van der Waals surface area contributed by atoms with Crippen LogP contribution in [0.15, 0.2) is 32.3 Å². The summed E-state index contributed by atoms with van der Waals surface area (Å²) < 4.78 is 32.7. The molecule has 9 heteroatoms. The average molecular weight is 369 g/mol. The Kier molecular flexibility index (Phi) is 4.62. The van der Waals surface area contributed by atoms with Crippen LogP contribution in [-0.2, 0) is 23.0 Å². The van der Waals surface area contributed by atoms with Crippen LogP contribution in [0.1, 0.15) is 23.3 Å². The number of sulfonamides is 1. The fourth-order valence-corrected chi connectivity index (χ4v) is 4.95. The Bertz CT molecular complexity index is 908. The zero-order chi connectivity index (χ0) is 16.4. The van der Waals surface area contributed by atoms with Gasteiger partial charge in [0.1, 0.15) is 4.21 Å². The van der Waals surface area contributed by atoms with Gasteiger partial charge < -0.3 is 4.52 Å². The van der Waals surface area contributed by atoms with E-state index in [4.69, 9.17) is 4.52 Å². The second-order valence-electron chi connectivity index (χ2n) is 4.86. The van der Waals surface area contributed by atoms with Crippen LogP contribution < -0.4 is 4.72 Å². The van der Waals surface area contributed by atoms with Gasteiger partial charge in [-0.15, -0.1) is 22.7 Å². The SMILES string of the molecule is CCc1nc(CNS(=O)(=O)c2ccc(-c3cc(C)no3)s2)cs1. The predicted molar refractivity (Wildman–Crippen MR) is 90.1 cm³/mol. The number of nitrogens with zero attached hydrogens (tertiary/aromatic N) is 2. The molecule has 1 N–H and O–H groups in total. The van der Waals surface area contributed by atoms with Gasteiger partial charge in [0.2, 0.25) is 10.0 Å². The molecule has 0 amide bonds. The number of hydrogen-bond donors (Lipinski definition) is 1. The molecule has 0 atom stereocenters. The van der Waals surface area contributed by atoms with E-state index >= 15 is 0 Å². The van der Waals surface area contributed by atoms with E-state index in [9.17, 15) is 8.42 Å². The zero-order valence-electron chi connectivity index (χ0n) is 12.6. The first-order chi connectivity index (χ1) is 11.0. The van der Waals surface area contributed by atoms with E-state index in [1.165, 1.54) is 11.3 Å². The Morgan fingerprint density at radius 2 is 2.17 bits per heavy atom. The van der Waals surface area contributed by atoms with Crippen molar-refractivity contribution in [3.63, 3.8) is 0 Å². The number of thiophene rings is 1. The van der Waals surface area contributed by atoms with Gasteiger partial charge >= 0.3 is 0 Å². The average Bonchev–Trinajstić information content (AvgIpc) is 3.25. The van der Waals surface area contributed by atoms with Crippen molar-refractivity contribution in [3.8, 4) is 10.6 Å². The van der Waals surface area contributed by atoms with Gasteiger partial charge in [-0.3, -0.25) is 0 Å². The third-order valence-electron chi connectivity index (χ3n) is 3.06. The largest absolute Gasteiger partial charge is 0.355 e. The summed E-state index contributed by atoms with van der Waals surface area (Å²) in [5.41, 5.74) is 1.49. The maximum absolute atomic E-state index is 12.4. The van der Waals surface area contributed by atoms with Crippen molar-refractivity contribution in [1.82, 2.24) is 14.9 Å². The van der Waals surface area contributed by atoms with E-state index in [0.717, 1.165) is 39.0 Å². The van der Waals surface area contributed by atoms with E-state index in [1.54, 1.807) is 18.2 Å². The molecule has 3 aromatic rings. The van der Waals surface area contributed by atoms with Crippen LogP contribution in [0.3, 0.4) is 0 Å². The number of thiazole rings is 1. The van der Waals surface area contributed by atoms with E-state index < -0.39 is 10.0 Å². The molecular weight excluding hydrogens is 354 g/mol. The van der Waals surface area contributed by atoms with Gasteiger partial charge in [0.15, 0.2) is 5.76 Å². The van der Waals surface area contributed by atoms with E-state index in [1.807, 2.05) is 19.2 Å². The number of nitrogens with one attached hydrogen (secondary N) is 1. The topological polar surface area (TPSA) is 85.1 Å². The van der Waals surface area contributed by atoms with Crippen molar-refractivity contribution < 1.29 is 12.9 Å². The van der Waals surface area contributed by atoms with Gasteiger partial charge in [-0.1, -0.05) is 12.1 Å². The molecule has 0 radical (unpaired) electrons. The molecule has 122 valence electrons. The summed E-state index contributed by atoms with van der Waals surface area (Å²) in [6, 6.07) is 5.06. The molecule has 0 aliphatic rings. The molecule has 0 bridgehead atoms. The molecule has 0 spiro atoms. The molecule has 0 aliphatic heterocycles. The highest BCUT2D eigenvalue weighted by atomic mass is 32.2. The Morgan fingerprint density at radius 1 is 1.35 bits per heavy atom. The normalized spacial score (nSPS) is 11.9. The van der Waals surface area contributed by atoms with Crippen molar-refractivity contribution in [2.24, 2.45) is 0 Å². The Morgan fingerprint density at radius 3 is 2.83 bits per heavy atom. The standard InChI is InChI=1S/C14H15N3O3S3/c1-3-13-16-10(8-21-13)7-15-23(18,19)14-5-4-12(22-14)11-6-9(2)17-20-11/h4-6,8,15H,3,7H2,1-2H3. The van der Waals surface area contributed by atoms with Gasteiger partial charge in [-0.25, -0.2) is 18.1 Å². The molecule has 23 heavy (non-hydrogen) atoms.